The Bertz CT molecular complexity index is 1200. The first-order chi connectivity index (χ1) is 16.5. The molecule has 2 aromatic carbocycles. The van der Waals surface area contributed by atoms with Crippen molar-refractivity contribution in [3.8, 4) is 5.69 Å². The summed E-state index contributed by atoms with van der Waals surface area (Å²) in [5.41, 5.74) is 4.48. The molecular weight excluding hydrogens is 472 g/mol. The molecule has 0 saturated carbocycles. The maximum atomic E-state index is 13.6. The summed E-state index contributed by atoms with van der Waals surface area (Å²) >= 11 is 6.19. The van der Waals surface area contributed by atoms with Gasteiger partial charge in [-0.3, -0.25) is 9.69 Å². The highest BCUT2D eigenvalue weighted by Crippen LogP contribution is 2.35. The average molecular weight is 509 g/mol. The van der Waals surface area contributed by atoms with Crippen molar-refractivity contribution >= 4 is 38.1 Å². The largest absolute Gasteiger partial charge is 0.408 e. The van der Waals surface area contributed by atoms with Gasteiger partial charge in [-0.25, -0.2) is 0 Å². The third kappa shape index (κ3) is 5.91. The highest BCUT2D eigenvalue weighted by atomic mass is 35.5. The van der Waals surface area contributed by atoms with Gasteiger partial charge in [0.05, 0.1) is 17.7 Å². The topological polar surface area (TPSA) is 34.5 Å². The molecule has 35 heavy (non-hydrogen) atoms. The fraction of sp³-hybridized carbons (Fsp3) is 0.483. The smallest absolute Gasteiger partial charge is 0.236 e. The van der Waals surface area contributed by atoms with Gasteiger partial charge in [-0.2, -0.15) is 0 Å². The fourth-order valence-corrected chi connectivity index (χ4v) is 5.61. The standard InChI is InChI=1S/C29H37ClN2O2Si/c1-20-27(26(33)19-31-16-8-7-9-17-31)24-15-10-21(29(5,6)34-35-28(2,3)4)18-25(24)32(20)23-13-11-22(30)12-14-23/h10-15,18H,7-9,16-17,19H2,1-6H3. The van der Waals surface area contributed by atoms with E-state index in [-0.39, 0.29) is 10.8 Å². The van der Waals surface area contributed by atoms with E-state index in [1.165, 1.54) is 19.3 Å². The van der Waals surface area contributed by atoms with Gasteiger partial charge in [0.2, 0.25) is 9.76 Å². The third-order valence-corrected chi connectivity index (χ3v) is 8.17. The molecular formula is C29H37ClN2O2Si. The van der Waals surface area contributed by atoms with E-state index in [1.807, 2.05) is 24.3 Å². The van der Waals surface area contributed by atoms with E-state index >= 15 is 0 Å². The van der Waals surface area contributed by atoms with Gasteiger partial charge in [0.1, 0.15) is 0 Å². The third-order valence-electron chi connectivity index (χ3n) is 6.69. The van der Waals surface area contributed by atoms with Gasteiger partial charge < -0.3 is 8.99 Å². The zero-order chi connectivity index (χ0) is 25.4. The van der Waals surface area contributed by atoms with Crippen LogP contribution in [0.1, 0.15) is 75.5 Å². The van der Waals surface area contributed by atoms with Crippen LogP contribution >= 0.6 is 11.6 Å². The predicted octanol–water partition coefficient (Wildman–Crippen LogP) is 7.35. The minimum absolute atomic E-state index is 0.107. The van der Waals surface area contributed by atoms with Crippen LogP contribution in [0.2, 0.25) is 10.1 Å². The highest BCUT2D eigenvalue weighted by molar-refractivity contribution is 6.32. The molecule has 0 aliphatic carbocycles. The molecule has 0 atom stereocenters. The van der Waals surface area contributed by atoms with Crippen molar-refractivity contribution in [1.82, 2.24) is 9.47 Å². The molecule has 0 spiro atoms. The summed E-state index contributed by atoms with van der Waals surface area (Å²) in [5, 5.41) is 1.80. The molecule has 4 nitrogen and oxygen atoms in total. The van der Waals surface area contributed by atoms with Crippen LogP contribution in [0.15, 0.2) is 42.5 Å². The first kappa shape index (κ1) is 26.1. The summed E-state index contributed by atoms with van der Waals surface area (Å²) in [5.74, 6) is 0.194. The molecule has 0 bridgehead atoms. The van der Waals surface area contributed by atoms with Crippen molar-refractivity contribution in [3.63, 3.8) is 0 Å². The number of rotatable bonds is 7. The number of hydrogen-bond acceptors (Lipinski definition) is 3. The highest BCUT2D eigenvalue weighted by Gasteiger charge is 2.28. The van der Waals surface area contributed by atoms with E-state index in [0.29, 0.717) is 21.3 Å². The van der Waals surface area contributed by atoms with Crippen LogP contribution < -0.4 is 0 Å². The van der Waals surface area contributed by atoms with Gasteiger partial charge in [-0.05, 0) is 87.6 Å². The number of fused-ring (bicyclic) bond motifs is 1. The molecule has 1 fully saturated rings. The Hall–Kier alpha value is -1.92. The van der Waals surface area contributed by atoms with E-state index in [0.717, 1.165) is 46.5 Å². The zero-order valence-electron chi connectivity index (χ0n) is 21.9. The van der Waals surface area contributed by atoms with Crippen molar-refractivity contribution in [3.05, 3.63) is 64.3 Å². The number of carbonyl (C=O) groups is 1. The molecule has 4 rings (SSSR count). The van der Waals surface area contributed by atoms with Gasteiger partial charge >= 0.3 is 0 Å². The van der Waals surface area contributed by atoms with Crippen molar-refractivity contribution < 1.29 is 9.22 Å². The predicted molar refractivity (Wildman–Crippen MR) is 147 cm³/mol. The van der Waals surface area contributed by atoms with Crippen LogP contribution in [-0.4, -0.2) is 44.6 Å². The number of Topliss-reactive ketones (excluding diaryl/α,β-unsaturated/α-hetero) is 1. The van der Waals surface area contributed by atoms with Gasteiger partial charge in [-0.15, -0.1) is 0 Å². The first-order valence-corrected chi connectivity index (χ1v) is 13.9. The normalized spacial score (nSPS) is 15.6. The van der Waals surface area contributed by atoms with Gasteiger partial charge in [0.15, 0.2) is 5.78 Å². The van der Waals surface area contributed by atoms with Crippen LogP contribution in [0.25, 0.3) is 16.6 Å². The summed E-state index contributed by atoms with van der Waals surface area (Å²) in [6, 6.07) is 14.3. The Morgan fingerprint density at radius 2 is 1.66 bits per heavy atom. The van der Waals surface area contributed by atoms with Crippen LogP contribution in [-0.2, 0) is 10.0 Å². The number of halogens is 1. The number of aromatic nitrogens is 1. The number of benzene rings is 2. The average Bonchev–Trinajstić information content (AvgIpc) is 3.10. The van der Waals surface area contributed by atoms with Crippen LogP contribution in [0.5, 0.6) is 0 Å². The Labute approximate surface area is 217 Å². The molecule has 6 heteroatoms. The van der Waals surface area contributed by atoms with E-state index in [4.69, 9.17) is 16.0 Å². The molecule has 2 radical (unpaired) electrons. The SMILES string of the molecule is Cc1c(C(=O)CN2CCCCC2)c2ccc(C(C)(C)O[Si]C(C)(C)C)cc2n1-c1ccc(Cl)cc1. The molecule has 1 aliphatic heterocycles. The summed E-state index contributed by atoms with van der Waals surface area (Å²) in [6.07, 6.45) is 3.61. The van der Waals surface area contributed by atoms with Crippen LogP contribution in [0.4, 0.5) is 0 Å². The Balaban J connectivity index is 1.81. The second-order valence-electron chi connectivity index (χ2n) is 11.2. The van der Waals surface area contributed by atoms with Gasteiger partial charge in [0.25, 0.3) is 0 Å². The van der Waals surface area contributed by atoms with Crippen molar-refractivity contribution in [2.75, 3.05) is 19.6 Å². The van der Waals surface area contributed by atoms with Crippen molar-refractivity contribution in [2.24, 2.45) is 0 Å². The van der Waals surface area contributed by atoms with Crippen LogP contribution in [0.3, 0.4) is 0 Å². The first-order valence-electron chi connectivity index (χ1n) is 12.6. The molecule has 0 unspecified atom stereocenters. The lowest BCUT2D eigenvalue weighted by Gasteiger charge is -2.30. The number of ketones is 1. The monoisotopic (exact) mass is 508 g/mol. The van der Waals surface area contributed by atoms with E-state index < -0.39 is 5.60 Å². The maximum Gasteiger partial charge on any atom is 0.236 e. The maximum absolute atomic E-state index is 13.6. The van der Waals surface area contributed by atoms with E-state index in [1.54, 1.807) is 0 Å². The summed E-state index contributed by atoms with van der Waals surface area (Å²) in [6.45, 7) is 15.4. The molecule has 1 saturated heterocycles. The second-order valence-corrected chi connectivity index (χ2v) is 13.6. The molecule has 186 valence electrons. The van der Waals surface area contributed by atoms with E-state index in [9.17, 15) is 4.79 Å². The number of nitrogens with zero attached hydrogens (tertiary/aromatic N) is 2. The lowest BCUT2D eigenvalue weighted by atomic mass is 9.96. The molecule has 0 amide bonds. The molecule has 3 aromatic rings. The van der Waals surface area contributed by atoms with Crippen LogP contribution in [0, 0.1) is 6.92 Å². The molecule has 1 aliphatic rings. The number of likely N-dealkylation sites (tertiary alicyclic amines) is 1. The minimum atomic E-state index is -0.444. The Morgan fingerprint density at radius 1 is 1.00 bits per heavy atom. The molecule has 0 N–H and O–H groups in total. The number of piperidine rings is 1. The summed E-state index contributed by atoms with van der Waals surface area (Å²) in [7, 11) is 0.384. The van der Waals surface area contributed by atoms with Gasteiger partial charge in [0, 0.05) is 27.4 Å². The number of carbonyl (C=O) groups excluding carboxylic acids is 1. The molecule has 1 aromatic heterocycles. The zero-order valence-corrected chi connectivity index (χ0v) is 23.6. The summed E-state index contributed by atoms with van der Waals surface area (Å²) in [4.78, 5) is 15.9. The van der Waals surface area contributed by atoms with Crippen molar-refractivity contribution in [2.45, 2.75) is 71.4 Å². The minimum Gasteiger partial charge on any atom is -0.408 e. The second kappa shape index (κ2) is 10.2. The fourth-order valence-electron chi connectivity index (χ4n) is 4.80. The Morgan fingerprint density at radius 3 is 2.29 bits per heavy atom. The lowest BCUT2D eigenvalue weighted by Crippen LogP contribution is -2.34. The number of hydrogen-bond donors (Lipinski definition) is 0. The quantitative estimate of drug-likeness (QED) is 0.247. The summed E-state index contributed by atoms with van der Waals surface area (Å²) < 4.78 is 8.60. The van der Waals surface area contributed by atoms with Crippen molar-refractivity contribution in [1.29, 1.82) is 0 Å². The Kier molecular flexibility index (Phi) is 7.63. The van der Waals surface area contributed by atoms with E-state index in [2.05, 4.69) is 69.2 Å². The molecule has 2 heterocycles. The van der Waals surface area contributed by atoms with Gasteiger partial charge in [-0.1, -0.05) is 50.9 Å². The lowest BCUT2D eigenvalue weighted by molar-refractivity contribution is 0.0916.